The largest absolute Gasteiger partial charge is 0.459 e. The molecular weight excluding hydrogens is 506 g/mol. The molecule has 2 aromatic carbocycles. The minimum Gasteiger partial charge on any atom is -0.459 e. The number of nitrogens with one attached hydrogen (secondary N) is 1. The van der Waals surface area contributed by atoms with E-state index in [1.807, 2.05) is 30.3 Å². The number of anilines is 1. The lowest BCUT2D eigenvalue weighted by atomic mass is 9.99. The van der Waals surface area contributed by atoms with Crippen molar-refractivity contribution in [2.75, 3.05) is 31.1 Å². The molecule has 1 saturated heterocycles. The van der Waals surface area contributed by atoms with Crippen molar-refractivity contribution >= 4 is 41.1 Å². The summed E-state index contributed by atoms with van der Waals surface area (Å²) in [4.78, 5) is 63.6. The molecule has 2 heterocycles. The van der Waals surface area contributed by atoms with Crippen LogP contribution < -0.4 is 10.2 Å². The van der Waals surface area contributed by atoms with E-state index in [0.717, 1.165) is 5.56 Å². The van der Waals surface area contributed by atoms with Crippen molar-refractivity contribution in [3.63, 3.8) is 0 Å². The smallest absolute Gasteiger partial charge is 0.414 e. The van der Waals surface area contributed by atoms with Crippen LogP contribution in [0.2, 0.25) is 0 Å². The van der Waals surface area contributed by atoms with Gasteiger partial charge in [0.25, 0.3) is 5.91 Å². The Morgan fingerprint density at radius 3 is 2.38 bits per heavy atom. The molecule has 204 valence electrons. The van der Waals surface area contributed by atoms with Gasteiger partial charge in [0.05, 0.1) is 13.1 Å². The van der Waals surface area contributed by atoms with E-state index in [0.29, 0.717) is 16.8 Å². The number of rotatable bonds is 9. The molecule has 3 amide bonds. The van der Waals surface area contributed by atoms with E-state index in [2.05, 4.69) is 5.32 Å². The predicted molar refractivity (Wildman–Crippen MR) is 139 cm³/mol. The molecule has 2 atom stereocenters. The van der Waals surface area contributed by atoms with Crippen LogP contribution in [0.4, 0.5) is 10.5 Å². The third-order valence-corrected chi connectivity index (χ3v) is 6.25. The molecule has 0 saturated carbocycles. The average Bonchev–Trinajstić information content (AvgIpc) is 3.54. The number of esters is 2. The first-order chi connectivity index (χ1) is 18.7. The zero-order valence-electron chi connectivity index (χ0n) is 21.6. The van der Waals surface area contributed by atoms with Crippen LogP contribution in [0.3, 0.4) is 0 Å². The topological polar surface area (TPSA) is 132 Å². The Labute approximate surface area is 225 Å². The van der Waals surface area contributed by atoms with Crippen molar-refractivity contribution in [2.45, 2.75) is 32.6 Å². The maximum absolute atomic E-state index is 13.3. The number of ether oxygens (including phenoxy) is 3. The zero-order valence-corrected chi connectivity index (χ0v) is 21.6. The van der Waals surface area contributed by atoms with Gasteiger partial charge in [-0.25, -0.2) is 9.59 Å². The third kappa shape index (κ3) is 6.81. The Balaban J connectivity index is 1.50. The van der Waals surface area contributed by atoms with Gasteiger partial charge in [0.1, 0.15) is 12.7 Å². The molecular formula is C28H29N3O8. The number of carbonyl (C=O) groups is 5. The van der Waals surface area contributed by atoms with Crippen molar-refractivity contribution in [2.24, 2.45) is 0 Å². The minimum atomic E-state index is -1.04. The van der Waals surface area contributed by atoms with Crippen LogP contribution in [-0.4, -0.2) is 73.1 Å². The first-order valence-corrected chi connectivity index (χ1v) is 12.4. The van der Waals surface area contributed by atoms with Crippen LogP contribution in [0.5, 0.6) is 0 Å². The number of hydrogen-bond acceptors (Lipinski definition) is 8. The van der Waals surface area contributed by atoms with Crippen LogP contribution in [0.1, 0.15) is 25.0 Å². The predicted octanol–water partition coefficient (Wildman–Crippen LogP) is 2.05. The summed E-state index contributed by atoms with van der Waals surface area (Å²) in [5, 5.41) is 2.64. The van der Waals surface area contributed by atoms with Gasteiger partial charge in [-0.15, -0.1) is 0 Å². The van der Waals surface area contributed by atoms with E-state index >= 15 is 0 Å². The van der Waals surface area contributed by atoms with E-state index in [-0.39, 0.29) is 32.1 Å². The third-order valence-electron chi connectivity index (χ3n) is 6.25. The Kier molecular flexibility index (Phi) is 8.60. The van der Waals surface area contributed by atoms with Gasteiger partial charge < -0.3 is 24.4 Å². The molecule has 0 spiro atoms. The Hall–Kier alpha value is -4.67. The molecule has 2 aromatic rings. The van der Waals surface area contributed by atoms with Crippen LogP contribution in [-0.2, 0) is 40.0 Å². The lowest BCUT2D eigenvalue weighted by Gasteiger charge is -2.26. The molecule has 39 heavy (non-hydrogen) atoms. The highest BCUT2D eigenvalue weighted by molar-refractivity contribution is 5.99. The maximum Gasteiger partial charge on any atom is 0.414 e. The van der Waals surface area contributed by atoms with Crippen molar-refractivity contribution in [1.29, 1.82) is 0 Å². The first kappa shape index (κ1) is 27.4. The number of nitrogens with zero attached hydrogens (tertiary/aromatic N) is 2. The zero-order chi connectivity index (χ0) is 27.9. The van der Waals surface area contributed by atoms with Gasteiger partial charge in [-0.3, -0.25) is 19.3 Å². The number of benzene rings is 2. The van der Waals surface area contributed by atoms with Crippen LogP contribution >= 0.6 is 0 Å². The number of hydrogen-bond donors (Lipinski definition) is 1. The Morgan fingerprint density at radius 1 is 1.00 bits per heavy atom. The molecule has 2 aliphatic rings. The summed E-state index contributed by atoms with van der Waals surface area (Å²) in [6.07, 6.45) is 0.754. The first-order valence-electron chi connectivity index (χ1n) is 12.4. The number of amides is 3. The second-order valence-electron chi connectivity index (χ2n) is 9.08. The van der Waals surface area contributed by atoms with Crippen LogP contribution in [0.15, 0.2) is 60.7 Å². The van der Waals surface area contributed by atoms with Crippen LogP contribution in [0.25, 0.3) is 5.57 Å². The molecule has 0 aliphatic carbocycles. The SMILES string of the molecule is CC(=O)NC[C@H]1CN(c2ccc(C3=CCN(C(=O)COC(C)=O)[C@@H]3C(=O)OCc3ccccc3)cc2)C(=O)O1. The molecule has 0 bridgehead atoms. The maximum atomic E-state index is 13.3. The molecule has 0 unspecified atom stereocenters. The number of cyclic esters (lactones) is 1. The van der Waals surface area contributed by atoms with Gasteiger partial charge in [-0.05, 0) is 28.8 Å². The molecule has 11 heteroatoms. The van der Waals surface area contributed by atoms with E-state index < -0.39 is 42.7 Å². The molecule has 4 rings (SSSR count). The van der Waals surface area contributed by atoms with E-state index in [1.165, 1.54) is 23.6 Å². The van der Waals surface area contributed by atoms with E-state index in [4.69, 9.17) is 14.2 Å². The van der Waals surface area contributed by atoms with Crippen molar-refractivity contribution in [1.82, 2.24) is 10.2 Å². The van der Waals surface area contributed by atoms with Gasteiger partial charge in [0.15, 0.2) is 12.6 Å². The van der Waals surface area contributed by atoms with Gasteiger partial charge in [0.2, 0.25) is 5.91 Å². The molecule has 1 N–H and O–H groups in total. The highest BCUT2D eigenvalue weighted by Crippen LogP contribution is 2.31. The Bertz CT molecular complexity index is 1280. The molecule has 0 radical (unpaired) electrons. The van der Waals surface area contributed by atoms with Crippen molar-refractivity contribution in [3.8, 4) is 0 Å². The standard InChI is InChI=1S/C28H29N3O8/c1-18(32)29-14-23-15-31(28(36)39-23)22-10-8-21(9-11-22)24-12-13-30(25(34)17-37-19(2)33)26(24)27(35)38-16-20-6-4-3-5-7-20/h3-12,23,26H,13-17H2,1-2H3,(H,29,32)/t23-,26-/m0/s1. The lowest BCUT2D eigenvalue weighted by Crippen LogP contribution is -2.44. The quantitative estimate of drug-likeness (QED) is 0.381. The second-order valence-corrected chi connectivity index (χ2v) is 9.08. The highest BCUT2D eigenvalue weighted by atomic mass is 16.6. The van der Waals surface area contributed by atoms with Crippen molar-refractivity contribution in [3.05, 3.63) is 71.8 Å². The fourth-order valence-corrected chi connectivity index (χ4v) is 4.34. The molecule has 2 aliphatic heterocycles. The van der Waals surface area contributed by atoms with Gasteiger partial charge in [-0.1, -0.05) is 48.5 Å². The monoisotopic (exact) mass is 535 g/mol. The fraction of sp³-hybridized carbons (Fsp3) is 0.321. The van der Waals surface area contributed by atoms with Crippen molar-refractivity contribution < 1.29 is 38.2 Å². The van der Waals surface area contributed by atoms with Gasteiger partial charge in [0, 0.05) is 26.1 Å². The summed E-state index contributed by atoms with van der Waals surface area (Å²) in [5.74, 6) is -1.96. The fourth-order valence-electron chi connectivity index (χ4n) is 4.34. The van der Waals surface area contributed by atoms with E-state index in [1.54, 1.807) is 30.3 Å². The molecule has 0 aromatic heterocycles. The van der Waals surface area contributed by atoms with Gasteiger partial charge >= 0.3 is 18.0 Å². The molecule has 11 nitrogen and oxygen atoms in total. The minimum absolute atomic E-state index is 0.0328. The Morgan fingerprint density at radius 2 is 1.72 bits per heavy atom. The average molecular weight is 536 g/mol. The second kappa shape index (κ2) is 12.2. The van der Waals surface area contributed by atoms with Crippen LogP contribution in [0, 0.1) is 0 Å². The molecule has 1 fully saturated rings. The summed E-state index contributed by atoms with van der Waals surface area (Å²) >= 11 is 0. The summed E-state index contributed by atoms with van der Waals surface area (Å²) in [7, 11) is 0. The van der Waals surface area contributed by atoms with Gasteiger partial charge in [-0.2, -0.15) is 0 Å². The lowest BCUT2D eigenvalue weighted by molar-refractivity contribution is -0.156. The summed E-state index contributed by atoms with van der Waals surface area (Å²) in [6, 6.07) is 15.0. The summed E-state index contributed by atoms with van der Waals surface area (Å²) in [6.45, 7) is 2.75. The summed E-state index contributed by atoms with van der Waals surface area (Å²) in [5.41, 5.74) is 2.60. The number of carbonyl (C=O) groups excluding carboxylic acids is 5. The normalized spacial score (nSPS) is 18.3. The van der Waals surface area contributed by atoms with E-state index in [9.17, 15) is 24.0 Å². The summed E-state index contributed by atoms with van der Waals surface area (Å²) < 4.78 is 15.7. The highest BCUT2D eigenvalue weighted by Gasteiger charge is 2.39.